The third kappa shape index (κ3) is 1.19. The van der Waals surface area contributed by atoms with Crippen LogP contribution in [0, 0.1) is 0 Å². The Balaban J connectivity index is 2.24. The minimum atomic E-state index is -0.159. The molecular formula is C3H5INO2-. The third-order valence-electron chi connectivity index (χ3n) is 0.612. The molecule has 42 valence electrons. The van der Waals surface area contributed by atoms with E-state index in [1.165, 1.54) is 7.11 Å². The number of carbonyl (C=O) groups is 1. The predicted octanol–water partition coefficient (Wildman–Crippen LogP) is -2.97. The summed E-state index contributed by atoms with van der Waals surface area (Å²) in [5.41, 5.74) is 0. The topological polar surface area (TPSA) is 29.3 Å². The van der Waals surface area contributed by atoms with Gasteiger partial charge in [0.25, 0.3) is 0 Å². The number of methoxy groups -OCH3 is 1. The number of halogens is 1. The summed E-state index contributed by atoms with van der Waals surface area (Å²) >= 11 is 0.0862. The van der Waals surface area contributed by atoms with Crippen LogP contribution in [0.15, 0.2) is 0 Å². The molecule has 0 aromatic rings. The van der Waals surface area contributed by atoms with E-state index in [2.05, 4.69) is 4.74 Å². The Labute approximate surface area is 52.2 Å². The van der Waals surface area contributed by atoms with E-state index in [4.69, 9.17) is 0 Å². The van der Waals surface area contributed by atoms with E-state index < -0.39 is 0 Å². The van der Waals surface area contributed by atoms with Gasteiger partial charge >= 0.3 is 51.9 Å². The second-order valence-electron chi connectivity index (χ2n) is 1.07. The van der Waals surface area contributed by atoms with E-state index in [0.717, 1.165) is 4.55 Å². The van der Waals surface area contributed by atoms with E-state index >= 15 is 0 Å². The molecule has 0 radical (unpaired) electrons. The van der Waals surface area contributed by atoms with Crippen LogP contribution in [0.2, 0.25) is 0 Å². The zero-order valence-corrected chi connectivity index (χ0v) is 6.01. The molecule has 0 saturated carbocycles. The molecular weight excluding hydrogens is 209 g/mol. The molecule has 0 aromatic heterocycles. The fraction of sp³-hybridized carbons (Fsp3) is 0.667. The SMILES string of the molecule is COC(=O)N1C[I-]1. The van der Waals surface area contributed by atoms with Crippen molar-refractivity contribution in [2.45, 2.75) is 0 Å². The van der Waals surface area contributed by atoms with Crippen LogP contribution in [0.3, 0.4) is 0 Å². The molecule has 0 bridgehead atoms. The summed E-state index contributed by atoms with van der Waals surface area (Å²) in [6, 6.07) is 0. The molecule has 3 nitrogen and oxygen atoms in total. The molecule has 0 atom stereocenters. The first kappa shape index (κ1) is 5.14. The van der Waals surface area contributed by atoms with Crippen molar-refractivity contribution in [3.8, 4) is 0 Å². The molecule has 0 aromatic carbocycles. The number of alkyl halides is 1. The fourth-order valence-corrected chi connectivity index (χ4v) is 1.13. The van der Waals surface area contributed by atoms with Gasteiger partial charge in [0.2, 0.25) is 0 Å². The maximum atomic E-state index is 10.3. The Morgan fingerprint density at radius 1 is 2.00 bits per heavy atom. The number of hydrogen-bond acceptors (Lipinski definition) is 2. The van der Waals surface area contributed by atoms with Gasteiger partial charge in [0.15, 0.2) is 0 Å². The van der Waals surface area contributed by atoms with Gasteiger partial charge in [-0.15, -0.1) is 0 Å². The van der Waals surface area contributed by atoms with Crippen molar-refractivity contribution >= 4 is 6.09 Å². The second kappa shape index (κ2) is 1.85. The van der Waals surface area contributed by atoms with Gasteiger partial charge in [-0.3, -0.25) is 0 Å². The van der Waals surface area contributed by atoms with Gasteiger partial charge in [-0.25, -0.2) is 0 Å². The summed E-state index contributed by atoms with van der Waals surface area (Å²) < 4.78 is 7.09. The van der Waals surface area contributed by atoms with Crippen LogP contribution in [0.1, 0.15) is 0 Å². The molecule has 1 heterocycles. The van der Waals surface area contributed by atoms with E-state index in [1.807, 2.05) is 0 Å². The average molecular weight is 214 g/mol. The van der Waals surface area contributed by atoms with Crippen LogP contribution >= 0.6 is 0 Å². The van der Waals surface area contributed by atoms with Crippen molar-refractivity contribution in [2.24, 2.45) is 0 Å². The van der Waals surface area contributed by atoms with Crippen molar-refractivity contribution in [1.29, 1.82) is 0 Å². The number of rotatable bonds is 0. The summed E-state index contributed by atoms with van der Waals surface area (Å²) in [5.74, 6) is 0. The van der Waals surface area contributed by atoms with E-state index in [9.17, 15) is 4.79 Å². The summed E-state index contributed by atoms with van der Waals surface area (Å²) in [7, 11) is 1.41. The monoisotopic (exact) mass is 214 g/mol. The van der Waals surface area contributed by atoms with Gasteiger partial charge in [-0.2, -0.15) is 0 Å². The van der Waals surface area contributed by atoms with Crippen LogP contribution in [-0.2, 0) is 4.74 Å². The molecule has 0 aliphatic carbocycles. The molecule has 1 amide bonds. The Bertz CT molecular complexity index is 90.9. The van der Waals surface area contributed by atoms with Crippen molar-refractivity contribution in [3.63, 3.8) is 0 Å². The predicted molar refractivity (Wildman–Crippen MR) is 19.1 cm³/mol. The van der Waals surface area contributed by atoms with Gasteiger partial charge in [0.05, 0.1) is 0 Å². The molecule has 1 fully saturated rings. The van der Waals surface area contributed by atoms with Crippen molar-refractivity contribution in [1.82, 2.24) is 3.11 Å². The third-order valence-corrected chi connectivity index (χ3v) is 2.37. The van der Waals surface area contributed by atoms with Crippen LogP contribution in [0.4, 0.5) is 4.79 Å². The van der Waals surface area contributed by atoms with Crippen LogP contribution in [0.5, 0.6) is 0 Å². The van der Waals surface area contributed by atoms with Gasteiger partial charge in [-0.1, -0.05) is 0 Å². The molecule has 1 saturated heterocycles. The summed E-state index contributed by atoms with van der Waals surface area (Å²) in [6.07, 6.45) is -0.159. The Kier molecular flexibility index (Phi) is 1.36. The zero-order chi connectivity index (χ0) is 5.28. The molecule has 0 N–H and O–H groups in total. The van der Waals surface area contributed by atoms with E-state index in [-0.39, 0.29) is 27.6 Å². The van der Waals surface area contributed by atoms with Crippen molar-refractivity contribution in [3.05, 3.63) is 0 Å². The fourth-order valence-electron chi connectivity index (χ4n) is 0.223. The molecule has 7 heavy (non-hydrogen) atoms. The number of amides is 1. The minimum absolute atomic E-state index is 0.0862. The standard InChI is InChI=1S/C3H5INO2/c1-7-3(6)5-2-4-5/h2H2,1H3/q-1. The van der Waals surface area contributed by atoms with Crippen molar-refractivity contribution in [2.75, 3.05) is 11.7 Å². The first-order valence-electron chi connectivity index (χ1n) is 1.79. The summed E-state index contributed by atoms with van der Waals surface area (Å²) in [5, 5.41) is 0. The van der Waals surface area contributed by atoms with E-state index in [0.29, 0.717) is 0 Å². The van der Waals surface area contributed by atoms with Crippen LogP contribution < -0.4 is 21.5 Å². The Morgan fingerprint density at radius 3 is 2.71 bits per heavy atom. The average Bonchev–Trinajstić information content (AvgIpc) is 2.44. The maximum absolute atomic E-state index is 10.3. The first-order valence-corrected chi connectivity index (χ1v) is 4.28. The Hall–Kier alpha value is 0. The van der Waals surface area contributed by atoms with Gasteiger partial charge in [-0.05, 0) is 0 Å². The molecule has 1 aliphatic rings. The number of carbonyl (C=O) groups excluding carboxylic acids is 1. The molecule has 0 spiro atoms. The quantitative estimate of drug-likeness (QED) is 0.142. The molecule has 1 rings (SSSR count). The van der Waals surface area contributed by atoms with Crippen LogP contribution in [0.25, 0.3) is 0 Å². The molecule has 1 aliphatic heterocycles. The normalized spacial score (nSPS) is 17.6. The van der Waals surface area contributed by atoms with E-state index in [1.54, 1.807) is 3.11 Å². The second-order valence-corrected chi connectivity index (χ2v) is 3.60. The van der Waals surface area contributed by atoms with Gasteiger partial charge in [0, 0.05) is 0 Å². The van der Waals surface area contributed by atoms with Crippen molar-refractivity contribution < 1.29 is 31.0 Å². The molecule has 0 unspecified atom stereocenters. The van der Waals surface area contributed by atoms with Gasteiger partial charge in [0.1, 0.15) is 0 Å². The Morgan fingerprint density at radius 2 is 2.57 bits per heavy atom. The first-order chi connectivity index (χ1) is 3.34. The number of hydrogen-bond donors (Lipinski definition) is 0. The number of nitrogens with zero attached hydrogens (tertiary/aromatic N) is 1. The summed E-state index contributed by atoms with van der Waals surface area (Å²) in [4.78, 5) is 10.3. The van der Waals surface area contributed by atoms with Gasteiger partial charge < -0.3 is 0 Å². The van der Waals surface area contributed by atoms with Crippen LogP contribution in [-0.4, -0.2) is 20.9 Å². The number of ether oxygens (including phenoxy) is 1. The zero-order valence-electron chi connectivity index (χ0n) is 3.85. The molecule has 4 heteroatoms. The summed E-state index contributed by atoms with van der Waals surface area (Å²) in [6.45, 7) is 0.